The van der Waals surface area contributed by atoms with Gasteiger partial charge in [0.2, 0.25) is 10.0 Å². The molecule has 2 heterocycles. The molecule has 2 aliphatic heterocycles. The summed E-state index contributed by atoms with van der Waals surface area (Å²) in [5, 5.41) is 0. The first-order chi connectivity index (χ1) is 14.2. The first-order valence-corrected chi connectivity index (χ1v) is 12.9. The number of fused-ring (bicyclic) bond motifs is 1. The summed E-state index contributed by atoms with van der Waals surface area (Å²) in [7, 11) is -7.08. The minimum Gasteiger partial charge on any atom is -0.336 e. The van der Waals surface area contributed by atoms with E-state index in [-0.39, 0.29) is 42.5 Å². The number of rotatable bonds is 4. The Hall–Kier alpha value is -2.43. The normalized spacial score (nSPS) is 17.8. The third-order valence-electron chi connectivity index (χ3n) is 5.51. The van der Waals surface area contributed by atoms with Crippen molar-refractivity contribution in [1.29, 1.82) is 0 Å². The molecule has 10 heteroatoms. The Kier molecular flexibility index (Phi) is 5.33. The fraction of sp³-hybridized carbons (Fsp3) is 0.350. The largest absolute Gasteiger partial charge is 0.336 e. The Balaban J connectivity index is 1.55. The Morgan fingerprint density at radius 2 is 1.57 bits per heavy atom. The van der Waals surface area contributed by atoms with Crippen LogP contribution in [0.4, 0.5) is 5.69 Å². The number of hydrogen-bond donors (Lipinski definition) is 0. The third-order valence-corrected chi connectivity index (χ3v) is 8.62. The maximum atomic E-state index is 13.2. The SMILES string of the molecule is CS(=O)(=O)N1CCN(C(=O)c2cccc(S(=O)(=O)N3CCc4ccccc43)c2)CC1. The fourth-order valence-corrected chi connectivity index (χ4v) is 6.26. The summed E-state index contributed by atoms with van der Waals surface area (Å²) < 4.78 is 52.5. The van der Waals surface area contributed by atoms with Gasteiger partial charge in [-0.05, 0) is 36.2 Å². The van der Waals surface area contributed by atoms with E-state index < -0.39 is 20.0 Å². The summed E-state index contributed by atoms with van der Waals surface area (Å²) in [6.45, 7) is 1.36. The van der Waals surface area contributed by atoms with E-state index in [9.17, 15) is 21.6 Å². The van der Waals surface area contributed by atoms with Crippen molar-refractivity contribution in [3.63, 3.8) is 0 Å². The predicted octanol–water partition coefficient (Wildman–Crippen LogP) is 1.16. The van der Waals surface area contributed by atoms with Crippen LogP contribution in [0.3, 0.4) is 0 Å². The van der Waals surface area contributed by atoms with E-state index in [0.29, 0.717) is 18.7 Å². The second kappa shape index (κ2) is 7.68. The standard InChI is InChI=1S/C20H23N3O5S2/c1-29(25,26)22-13-11-21(12-14-22)20(24)17-6-4-7-18(15-17)30(27,28)23-10-9-16-5-2-3-8-19(16)23/h2-8,15H,9-14H2,1H3. The van der Waals surface area contributed by atoms with Crippen LogP contribution in [0.25, 0.3) is 0 Å². The second-order valence-electron chi connectivity index (χ2n) is 7.44. The minimum atomic E-state index is -3.79. The zero-order valence-corrected chi connectivity index (χ0v) is 18.2. The average Bonchev–Trinajstić information content (AvgIpc) is 3.18. The first kappa shape index (κ1) is 20.8. The number of carbonyl (C=O) groups excluding carboxylic acids is 1. The highest BCUT2D eigenvalue weighted by Gasteiger charge is 2.32. The van der Waals surface area contributed by atoms with Gasteiger partial charge in [-0.3, -0.25) is 9.10 Å². The van der Waals surface area contributed by atoms with Gasteiger partial charge < -0.3 is 4.90 Å². The Morgan fingerprint density at radius 1 is 0.867 bits per heavy atom. The molecule has 0 unspecified atom stereocenters. The van der Waals surface area contributed by atoms with Crippen LogP contribution < -0.4 is 4.31 Å². The number of sulfonamides is 2. The molecule has 2 aliphatic rings. The highest BCUT2D eigenvalue weighted by atomic mass is 32.2. The van der Waals surface area contributed by atoms with Crippen molar-refractivity contribution in [2.45, 2.75) is 11.3 Å². The Labute approximate surface area is 176 Å². The number of anilines is 1. The van der Waals surface area contributed by atoms with Crippen LogP contribution in [-0.2, 0) is 26.5 Å². The molecule has 160 valence electrons. The van der Waals surface area contributed by atoms with Gasteiger partial charge in [-0.25, -0.2) is 16.8 Å². The van der Waals surface area contributed by atoms with Crippen LogP contribution in [0.5, 0.6) is 0 Å². The summed E-state index contributed by atoms with van der Waals surface area (Å²) in [6.07, 6.45) is 1.80. The molecule has 1 fully saturated rings. The van der Waals surface area contributed by atoms with Crippen LogP contribution in [-0.4, -0.2) is 70.9 Å². The molecule has 1 amide bonds. The van der Waals surface area contributed by atoms with Crippen molar-refractivity contribution in [2.24, 2.45) is 0 Å². The summed E-state index contributed by atoms with van der Waals surface area (Å²) in [4.78, 5) is 14.5. The summed E-state index contributed by atoms with van der Waals surface area (Å²) in [6, 6.07) is 13.4. The molecule has 0 saturated carbocycles. The number of amides is 1. The average molecular weight is 450 g/mol. The molecule has 8 nitrogen and oxygen atoms in total. The van der Waals surface area contributed by atoms with Gasteiger partial charge in [0.25, 0.3) is 15.9 Å². The highest BCUT2D eigenvalue weighted by molar-refractivity contribution is 7.92. The molecule has 30 heavy (non-hydrogen) atoms. The number of benzene rings is 2. The number of nitrogens with zero attached hydrogens (tertiary/aromatic N) is 3. The molecule has 0 bridgehead atoms. The second-order valence-corrected chi connectivity index (χ2v) is 11.3. The monoisotopic (exact) mass is 449 g/mol. The molecular formula is C20H23N3O5S2. The van der Waals surface area contributed by atoms with E-state index in [1.165, 1.54) is 20.7 Å². The lowest BCUT2D eigenvalue weighted by Crippen LogP contribution is -2.50. The van der Waals surface area contributed by atoms with Gasteiger partial charge in [0.05, 0.1) is 16.8 Å². The summed E-state index contributed by atoms with van der Waals surface area (Å²) in [5.41, 5.74) is 1.93. The van der Waals surface area contributed by atoms with Crippen LogP contribution >= 0.6 is 0 Å². The van der Waals surface area contributed by atoms with Crippen molar-refractivity contribution < 1.29 is 21.6 Å². The van der Waals surface area contributed by atoms with Crippen LogP contribution in [0, 0.1) is 0 Å². The molecule has 0 N–H and O–H groups in total. The summed E-state index contributed by atoms with van der Waals surface area (Å²) in [5.74, 6) is -0.304. The molecule has 2 aromatic carbocycles. The first-order valence-electron chi connectivity index (χ1n) is 9.63. The molecule has 1 saturated heterocycles. The van der Waals surface area contributed by atoms with Crippen LogP contribution in [0.2, 0.25) is 0 Å². The molecule has 0 radical (unpaired) electrons. The zero-order valence-electron chi connectivity index (χ0n) is 16.6. The van der Waals surface area contributed by atoms with Crippen LogP contribution in [0.1, 0.15) is 15.9 Å². The van der Waals surface area contributed by atoms with Gasteiger partial charge in [0.15, 0.2) is 0 Å². The number of carbonyl (C=O) groups is 1. The van der Waals surface area contributed by atoms with Gasteiger partial charge in [-0.2, -0.15) is 4.31 Å². The molecule has 4 rings (SSSR count). The van der Waals surface area contributed by atoms with Crippen molar-refractivity contribution in [3.8, 4) is 0 Å². The van der Waals surface area contributed by atoms with Crippen molar-refractivity contribution in [3.05, 3.63) is 59.7 Å². The predicted molar refractivity (Wildman–Crippen MR) is 113 cm³/mol. The van der Waals surface area contributed by atoms with Crippen molar-refractivity contribution >= 4 is 31.6 Å². The Bertz CT molecular complexity index is 1190. The minimum absolute atomic E-state index is 0.0693. The van der Waals surface area contributed by atoms with Crippen LogP contribution in [0.15, 0.2) is 53.4 Å². The van der Waals surface area contributed by atoms with E-state index in [0.717, 1.165) is 11.8 Å². The van der Waals surface area contributed by atoms with Crippen molar-refractivity contribution in [2.75, 3.05) is 43.3 Å². The van der Waals surface area contributed by atoms with E-state index in [4.69, 9.17) is 0 Å². The lowest BCUT2D eigenvalue weighted by molar-refractivity contribution is 0.0698. The smallest absolute Gasteiger partial charge is 0.264 e. The molecular weight excluding hydrogens is 426 g/mol. The third kappa shape index (κ3) is 3.82. The number of para-hydroxylation sites is 1. The van der Waals surface area contributed by atoms with Gasteiger partial charge in [-0.1, -0.05) is 24.3 Å². The van der Waals surface area contributed by atoms with Gasteiger partial charge in [0.1, 0.15) is 0 Å². The van der Waals surface area contributed by atoms with E-state index >= 15 is 0 Å². The number of piperazine rings is 1. The lowest BCUT2D eigenvalue weighted by atomic mass is 10.2. The number of hydrogen-bond acceptors (Lipinski definition) is 5. The fourth-order valence-electron chi connectivity index (χ4n) is 3.88. The maximum absolute atomic E-state index is 13.2. The zero-order chi connectivity index (χ0) is 21.5. The lowest BCUT2D eigenvalue weighted by Gasteiger charge is -2.33. The van der Waals surface area contributed by atoms with Gasteiger partial charge in [-0.15, -0.1) is 0 Å². The topological polar surface area (TPSA) is 95.1 Å². The Morgan fingerprint density at radius 3 is 2.27 bits per heavy atom. The molecule has 2 aromatic rings. The molecule has 0 atom stereocenters. The van der Waals surface area contributed by atoms with E-state index in [2.05, 4.69) is 0 Å². The van der Waals surface area contributed by atoms with Crippen molar-refractivity contribution in [1.82, 2.24) is 9.21 Å². The molecule has 0 aliphatic carbocycles. The maximum Gasteiger partial charge on any atom is 0.264 e. The quantitative estimate of drug-likeness (QED) is 0.698. The van der Waals surface area contributed by atoms with Gasteiger partial charge >= 0.3 is 0 Å². The van der Waals surface area contributed by atoms with E-state index in [1.807, 2.05) is 18.2 Å². The summed E-state index contributed by atoms with van der Waals surface area (Å²) >= 11 is 0. The highest BCUT2D eigenvalue weighted by Crippen LogP contribution is 2.32. The molecule has 0 aromatic heterocycles. The molecule has 0 spiro atoms. The van der Waals surface area contributed by atoms with E-state index in [1.54, 1.807) is 23.1 Å². The van der Waals surface area contributed by atoms with Gasteiger partial charge in [0, 0.05) is 38.3 Å².